The van der Waals surface area contributed by atoms with Crippen molar-refractivity contribution in [2.75, 3.05) is 19.6 Å². The summed E-state index contributed by atoms with van der Waals surface area (Å²) in [5.74, 6) is 0.347. The standard InChI is InChI=1S/C21H27N3O2/c1-4-5-6-7-16(2)20(11-13-24-12-10-19(25)15-24)26-21-18(14-22)9-8-17(3)23-21/h4-9,19-20,25H,2,10-13,15H2,1,3H3/b5-4-,7-6-/t19-,20+/m0/s1. The van der Waals surface area contributed by atoms with Gasteiger partial charge in [-0.25, -0.2) is 4.98 Å². The van der Waals surface area contributed by atoms with Crippen molar-refractivity contribution in [1.82, 2.24) is 9.88 Å². The topological polar surface area (TPSA) is 69.4 Å². The van der Waals surface area contributed by atoms with Crippen LogP contribution >= 0.6 is 0 Å². The van der Waals surface area contributed by atoms with Crippen molar-refractivity contribution in [2.45, 2.75) is 38.9 Å². The first-order valence-corrected chi connectivity index (χ1v) is 8.96. The van der Waals surface area contributed by atoms with Gasteiger partial charge in [0.05, 0.1) is 6.10 Å². The van der Waals surface area contributed by atoms with Gasteiger partial charge in [-0.15, -0.1) is 0 Å². The zero-order valence-corrected chi connectivity index (χ0v) is 15.6. The Morgan fingerprint density at radius 1 is 1.54 bits per heavy atom. The second-order valence-electron chi connectivity index (χ2n) is 6.52. The van der Waals surface area contributed by atoms with Gasteiger partial charge in [-0.3, -0.25) is 0 Å². The van der Waals surface area contributed by atoms with E-state index in [0.29, 0.717) is 24.4 Å². The number of nitriles is 1. The third-order valence-electron chi connectivity index (χ3n) is 4.36. The maximum atomic E-state index is 9.70. The Kier molecular flexibility index (Phi) is 7.58. The number of rotatable bonds is 8. The lowest BCUT2D eigenvalue weighted by Gasteiger charge is -2.23. The number of nitrogens with zero attached hydrogens (tertiary/aromatic N) is 3. The molecule has 26 heavy (non-hydrogen) atoms. The molecule has 2 heterocycles. The normalized spacial score (nSPS) is 19.1. The van der Waals surface area contributed by atoms with Crippen molar-refractivity contribution >= 4 is 0 Å². The van der Waals surface area contributed by atoms with Crippen molar-refractivity contribution in [2.24, 2.45) is 0 Å². The zero-order chi connectivity index (χ0) is 18.9. The number of ether oxygens (including phenoxy) is 1. The summed E-state index contributed by atoms with van der Waals surface area (Å²) < 4.78 is 6.10. The van der Waals surface area contributed by atoms with Crippen LogP contribution < -0.4 is 4.74 Å². The van der Waals surface area contributed by atoms with Gasteiger partial charge in [0.15, 0.2) is 0 Å². The third kappa shape index (κ3) is 5.83. The largest absolute Gasteiger partial charge is 0.468 e. The maximum absolute atomic E-state index is 9.70. The molecule has 1 saturated heterocycles. The van der Waals surface area contributed by atoms with E-state index in [2.05, 4.69) is 22.5 Å². The summed E-state index contributed by atoms with van der Waals surface area (Å²) in [7, 11) is 0. The van der Waals surface area contributed by atoms with Crippen LogP contribution in [0.5, 0.6) is 5.88 Å². The SMILES string of the molecule is C=C(/C=C\C=C/C)[C@@H](CCN1CC[C@H](O)C1)Oc1nc(C)ccc1C#N. The van der Waals surface area contributed by atoms with Gasteiger partial charge in [-0.1, -0.05) is 30.9 Å². The molecule has 1 aliphatic rings. The minimum absolute atomic E-state index is 0.240. The Bertz CT molecular complexity index is 718. The van der Waals surface area contributed by atoms with Crippen molar-refractivity contribution in [3.8, 4) is 11.9 Å². The van der Waals surface area contributed by atoms with Crippen LogP contribution in [0.2, 0.25) is 0 Å². The summed E-state index contributed by atoms with van der Waals surface area (Å²) in [6.45, 7) is 10.3. The first-order valence-electron chi connectivity index (χ1n) is 8.96. The number of aliphatic hydroxyl groups excluding tert-OH is 1. The van der Waals surface area contributed by atoms with Crippen LogP contribution in [0, 0.1) is 18.3 Å². The van der Waals surface area contributed by atoms with Gasteiger partial charge in [-0.2, -0.15) is 5.26 Å². The molecule has 1 aromatic heterocycles. The van der Waals surface area contributed by atoms with E-state index in [-0.39, 0.29) is 12.2 Å². The first kappa shape index (κ1) is 19.9. The van der Waals surface area contributed by atoms with E-state index in [1.807, 2.05) is 38.2 Å². The average Bonchev–Trinajstić information content (AvgIpc) is 3.04. The second kappa shape index (κ2) is 9.91. The summed E-state index contributed by atoms with van der Waals surface area (Å²) in [4.78, 5) is 6.60. The van der Waals surface area contributed by atoms with Gasteiger partial charge in [0.2, 0.25) is 5.88 Å². The van der Waals surface area contributed by atoms with Crippen LogP contribution in [0.4, 0.5) is 0 Å². The number of allylic oxidation sites excluding steroid dienone is 3. The summed E-state index contributed by atoms with van der Waals surface area (Å²) in [6, 6.07) is 5.66. The molecule has 0 amide bonds. The first-order chi connectivity index (χ1) is 12.5. The summed E-state index contributed by atoms with van der Waals surface area (Å²) >= 11 is 0. The highest BCUT2D eigenvalue weighted by Crippen LogP contribution is 2.22. The van der Waals surface area contributed by atoms with Crippen molar-refractivity contribution < 1.29 is 9.84 Å². The Morgan fingerprint density at radius 2 is 2.35 bits per heavy atom. The van der Waals surface area contributed by atoms with Gasteiger partial charge >= 0.3 is 0 Å². The number of hydrogen-bond acceptors (Lipinski definition) is 5. The van der Waals surface area contributed by atoms with Crippen molar-refractivity contribution in [1.29, 1.82) is 5.26 Å². The monoisotopic (exact) mass is 353 g/mol. The minimum atomic E-state index is -0.282. The number of aromatic nitrogens is 1. The number of β-amino-alcohol motifs (C(OH)–C–C–N with tert-alkyl or cyclic N) is 1. The molecule has 0 aromatic carbocycles. The predicted molar refractivity (Wildman–Crippen MR) is 103 cm³/mol. The molecule has 2 atom stereocenters. The molecular weight excluding hydrogens is 326 g/mol. The van der Waals surface area contributed by atoms with Gasteiger partial charge in [0.25, 0.3) is 0 Å². The lowest BCUT2D eigenvalue weighted by molar-refractivity contribution is 0.163. The molecule has 5 nitrogen and oxygen atoms in total. The summed E-state index contributed by atoms with van der Waals surface area (Å²) in [5.41, 5.74) is 2.05. The van der Waals surface area contributed by atoms with E-state index in [9.17, 15) is 10.4 Å². The van der Waals surface area contributed by atoms with Crippen LogP contribution in [0.1, 0.15) is 31.0 Å². The Hall–Kier alpha value is -2.42. The van der Waals surface area contributed by atoms with Crippen LogP contribution in [0.25, 0.3) is 0 Å². The van der Waals surface area contributed by atoms with E-state index >= 15 is 0 Å². The minimum Gasteiger partial charge on any atom is -0.468 e. The van der Waals surface area contributed by atoms with Crippen molar-refractivity contribution in [3.05, 3.63) is 59.8 Å². The molecule has 1 aliphatic heterocycles. The fourth-order valence-electron chi connectivity index (χ4n) is 2.88. The van der Waals surface area contributed by atoms with Crippen LogP contribution in [0.15, 0.2) is 48.6 Å². The van der Waals surface area contributed by atoms with E-state index in [0.717, 1.165) is 30.8 Å². The molecule has 5 heteroatoms. The molecule has 2 rings (SSSR count). The molecule has 1 aromatic rings. The lowest BCUT2D eigenvalue weighted by Crippen LogP contribution is -2.29. The quantitative estimate of drug-likeness (QED) is 0.727. The second-order valence-corrected chi connectivity index (χ2v) is 6.52. The molecule has 138 valence electrons. The smallest absolute Gasteiger partial charge is 0.232 e. The molecule has 0 radical (unpaired) electrons. The number of aryl methyl sites for hydroxylation is 1. The molecule has 0 saturated carbocycles. The van der Waals surface area contributed by atoms with Crippen molar-refractivity contribution in [3.63, 3.8) is 0 Å². The highest BCUT2D eigenvalue weighted by molar-refractivity contribution is 5.39. The third-order valence-corrected chi connectivity index (χ3v) is 4.36. The van der Waals surface area contributed by atoms with E-state index in [1.165, 1.54) is 0 Å². The maximum Gasteiger partial charge on any atom is 0.232 e. The summed E-state index contributed by atoms with van der Waals surface area (Å²) in [5, 5.41) is 19.0. The molecule has 1 N–H and O–H groups in total. The Balaban J connectivity index is 2.13. The lowest BCUT2D eigenvalue weighted by atomic mass is 10.1. The fourth-order valence-corrected chi connectivity index (χ4v) is 2.88. The van der Waals surface area contributed by atoms with Gasteiger partial charge in [0.1, 0.15) is 17.7 Å². The zero-order valence-electron chi connectivity index (χ0n) is 15.6. The Morgan fingerprint density at radius 3 is 3.00 bits per heavy atom. The molecule has 1 fully saturated rings. The fraction of sp³-hybridized carbons (Fsp3) is 0.429. The van der Waals surface area contributed by atoms with E-state index in [4.69, 9.17) is 4.74 Å². The van der Waals surface area contributed by atoms with Gasteiger partial charge < -0.3 is 14.7 Å². The average molecular weight is 353 g/mol. The Labute approximate surface area is 155 Å². The number of pyridine rings is 1. The number of aliphatic hydroxyl groups is 1. The predicted octanol–water partition coefficient (Wildman–Crippen LogP) is 3.15. The molecule has 0 aliphatic carbocycles. The van der Waals surface area contributed by atoms with Crippen LogP contribution in [-0.4, -0.2) is 46.8 Å². The highest BCUT2D eigenvalue weighted by Gasteiger charge is 2.23. The summed E-state index contributed by atoms with van der Waals surface area (Å²) in [6.07, 6.45) is 8.73. The van der Waals surface area contributed by atoms with E-state index < -0.39 is 0 Å². The highest BCUT2D eigenvalue weighted by atomic mass is 16.5. The van der Waals surface area contributed by atoms with Crippen LogP contribution in [0.3, 0.4) is 0 Å². The number of likely N-dealkylation sites (tertiary alicyclic amines) is 1. The molecule has 0 spiro atoms. The molecule has 0 unspecified atom stereocenters. The van der Waals surface area contributed by atoms with Gasteiger partial charge in [-0.05, 0) is 38.0 Å². The van der Waals surface area contributed by atoms with Crippen LogP contribution in [-0.2, 0) is 0 Å². The number of hydrogen-bond donors (Lipinski definition) is 1. The van der Waals surface area contributed by atoms with E-state index in [1.54, 1.807) is 12.1 Å². The molecular formula is C21H27N3O2. The molecule has 0 bridgehead atoms. The van der Waals surface area contributed by atoms with Gasteiger partial charge in [0, 0.05) is 31.7 Å².